The van der Waals surface area contributed by atoms with Gasteiger partial charge >= 0.3 is 0 Å². The molecule has 2 aliphatic carbocycles. The molecule has 74 heavy (non-hydrogen) atoms. The number of fused-ring (bicyclic) bond motifs is 4. The number of pyridine rings is 3. The van der Waals surface area contributed by atoms with Crippen LogP contribution in [0, 0.1) is 39.5 Å². The van der Waals surface area contributed by atoms with Crippen molar-refractivity contribution in [1.29, 1.82) is 0 Å². The third-order valence-electron chi connectivity index (χ3n) is 16.5. The van der Waals surface area contributed by atoms with Crippen LogP contribution in [-0.4, -0.2) is 106 Å². The molecule has 0 radical (unpaired) electrons. The first kappa shape index (κ1) is 54.2. The summed E-state index contributed by atoms with van der Waals surface area (Å²) in [5.41, 5.74) is 5.08. The SMILES string of the molecule is CSc1cc(C)[nH]c(=O)c1CN1CCc2c(Cl)c3c(c(C)c2C1=O)O[C@@](C)(C1CCC(N(C)C)CC1)O3.CSc1cc(C)[nH]c(=O)c1Cn1ccc2c(Cl)c3c(c(C)c2c1=O)O[C@](C)(C1CCC(N(C)C)CC1)O3. The lowest BCUT2D eigenvalue weighted by molar-refractivity contribution is -0.123. The number of hydrogen-bond acceptors (Lipinski definition) is 12. The van der Waals surface area contributed by atoms with Crippen molar-refractivity contribution < 1.29 is 23.7 Å². The normalized spacial score (nSPS) is 24.2. The summed E-state index contributed by atoms with van der Waals surface area (Å²) in [6.07, 6.45) is 14.6. The van der Waals surface area contributed by atoms with Gasteiger partial charge in [-0.2, -0.15) is 0 Å². The molecule has 5 aliphatic rings. The summed E-state index contributed by atoms with van der Waals surface area (Å²) in [5.74, 6) is 0.918. The number of nitrogens with one attached hydrogen (secondary N) is 2. The van der Waals surface area contributed by atoms with Crippen LogP contribution in [0.1, 0.15) is 115 Å². The summed E-state index contributed by atoms with van der Waals surface area (Å²) >= 11 is 16.8. The fourth-order valence-electron chi connectivity index (χ4n) is 12.0. The van der Waals surface area contributed by atoms with Crippen LogP contribution in [0.15, 0.2) is 48.6 Å². The lowest BCUT2D eigenvalue weighted by atomic mass is 9.81. The van der Waals surface area contributed by atoms with E-state index in [0.29, 0.717) is 91.1 Å². The number of nitrogens with zero attached hydrogens (tertiary/aromatic N) is 4. The maximum atomic E-state index is 13.8. The summed E-state index contributed by atoms with van der Waals surface area (Å²) < 4.78 is 27.5. The van der Waals surface area contributed by atoms with Gasteiger partial charge in [-0.1, -0.05) is 23.2 Å². The molecule has 2 fully saturated rings. The first-order chi connectivity index (χ1) is 35.1. The highest BCUT2D eigenvalue weighted by atomic mass is 35.5. The van der Waals surface area contributed by atoms with Crippen LogP contribution < -0.4 is 35.6 Å². The highest BCUT2D eigenvalue weighted by molar-refractivity contribution is 7.98. The number of amides is 1. The number of aromatic amines is 2. The summed E-state index contributed by atoms with van der Waals surface area (Å²) in [6, 6.07) is 6.87. The average Bonchev–Trinajstić information content (AvgIpc) is 3.94. The molecule has 2 atom stereocenters. The van der Waals surface area contributed by atoms with E-state index in [2.05, 4.69) is 48.0 Å². The van der Waals surface area contributed by atoms with Gasteiger partial charge in [0, 0.05) is 88.2 Å². The standard InChI is InChI=1S/C28H36ClN3O4S.C28H34ClN3O4S/c2*1-15-13-21(37-6)20(26(33)30-15)14-32-12-11-19-22(27(32)34)16(2)24-25(23(19)29)36-28(3,35-24)17-7-9-18(10-8-17)31(4)5/h13,17-18H,7-12,14H2,1-6H3,(H,30,33);11-13,17-18H,7-10,14H2,1-6H3,(H,30,33)/t2*17?,18?,28-/m10/s1. The van der Waals surface area contributed by atoms with Crippen molar-refractivity contribution in [1.82, 2.24) is 29.2 Å². The number of ether oxygens (including phenoxy) is 4. The molecule has 2 aromatic carbocycles. The molecule has 10 rings (SSSR count). The molecule has 2 N–H and O–H groups in total. The molecule has 0 bridgehead atoms. The molecule has 0 unspecified atom stereocenters. The van der Waals surface area contributed by atoms with E-state index in [1.165, 1.54) is 23.5 Å². The largest absolute Gasteiger partial charge is 0.448 e. The van der Waals surface area contributed by atoms with E-state index in [4.69, 9.17) is 42.1 Å². The van der Waals surface area contributed by atoms with Crippen LogP contribution in [-0.2, 0) is 19.5 Å². The zero-order valence-electron chi connectivity index (χ0n) is 44.7. The Labute approximate surface area is 452 Å². The molecule has 2 saturated carbocycles. The molecule has 1 amide bonds. The van der Waals surface area contributed by atoms with Gasteiger partial charge in [-0.3, -0.25) is 19.2 Å². The minimum absolute atomic E-state index is 0.126. The first-order valence-electron chi connectivity index (χ1n) is 25.7. The highest BCUT2D eigenvalue weighted by Crippen LogP contribution is 2.55. The van der Waals surface area contributed by atoms with Crippen molar-refractivity contribution in [3.63, 3.8) is 0 Å². The molecule has 0 saturated heterocycles. The average molecular weight is 1090 g/mol. The topological polar surface area (TPSA) is 151 Å². The predicted molar refractivity (Wildman–Crippen MR) is 297 cm³/mol. The smallest absolute Gasteiger partial charge is 0.259 e. The van der Waals surface area contributed by atoms with Gasteiger partial charge in [0.2, 0.25) is 0 Å². The second kappa shape index (κ2) is 21.1. The van der Waals surface area contributed by atoms with Gasteiger partial charge in [0.25, 0.3) is 34.2 Å². The number of aryl methyl sites for hydroxylation is 3. The maximum absolute atomic E-state index is 13.8. The van der Waals surface area contributed by atoms with E-state index in [9.17, 15) is 19.2 Å². The fraction of sp³-hybridized carbons (Fsp3) is 0.536. The maximum Gasteiger partial charge on any atom is 0.259 e. The Morgan fingerprint density at radius 2 is 1.12 bits per heavy atom. The number of H-pyrrole nitrogens is 2. The lowest BCUT2D eigenvalue weighted by Crippen LogP contribution is -2.46. The van der Waals surface area contributed by atoms with Crippen molar-refractivity contribution in [2.75, 3.05) is 47.2 Å². The van der Waals surface area contributed by atoms with Gasteiger partial charge in [-0.05, 0) is 150 Å². The Morgan fingerprint density at radius 1 is 0.662 bits per heavy atom. The number of thioether (sulfide) groups is 2. The number of halogens is 2. The number of hydrogen-bond donors (Lipinski definition) is 2. The number of benzene rings is 2. The Morgan fingerprint density at radius 3 is 1.61 bits per heavy atom. The van der Waals surface area contributed by atoms with Crippen molar-refractivity contribution >= 4 is 63.4 Å². The molecule has 18 heteroatoms. The molecular formula is C56H70Cl2N6O8S2. The van der Waals surface area contributed by atoms with E-state index < -0.39 is 11.6 Å². The number of aromatic nitrogens is 3. The molecule has 5 aromatic rings. The lowest BCUT2D eigenvalue weighted by Gasteiger charge is -2.39. The molecule has 3 aliphatic heterocycles. The second-order valence-electron chi connectivity index (χ2n) is 21.6. The van der Waals surface area contributed by atoms with E-state index in [0.717, 1.165) is 83.7 Å². The van der Waals surface area contributed by atoms with E-state index in [-0.39, 0.29) is 47.5 Å². The van der Waals surface area contributed by atoms with Crippen molar-refractivity contribution in [3.05, 3.63) is 110 Å². The van der Waals surface area contributed by atoms with E-state index in [1.54, 1.807) is 15.7 Å². The van der Waals surface area contributed by atoms with Crippen LogP contribution in [0.25, 0.3) is 10.8 Å². The zero-order valence-corrected chi connectivity index (χ0v) is 47.9. The summed E-state index contributed by atoms with van der Waals surface area (Å²) in [7, 11) is 8.53. The van der Waals surface area contributed by atoms with Crippen LogP contribution in [0.5, 0.6) is 23.0 Å². The van der Waals surface area contributed by atoms with Crippen LogP contribution in [0.3, 0.4) is 0 Å². The number of rotatable bonds is 10. The van der Waals surface area contributed by atoms with Crippen molar-refractivity contribution in [2.45, 2.75) is 146 Å². The van der Waals surface area contributed by atoms with E-state index >= 15 is 0 Å². The molecule has 6 heterocycles. The molecule has 0 spiro atoms. The number of carbonyl (C=O) groups excluding carboxylic acids is 1. The Balaban J connectivity index is 0.000000182. The molecular weight excluding hydrogens is 1020 g/mol. The zero-order chi connectivity index (χ0) is 53.3. The Hall–Kier alpha value is -4.58. The molecule has 14 nitrogen and oxygen atoms in total. The molecule has 3 aromatic heterocycles. The third kappa shape index (κ3) is 9.89. The number of carbonyl (C=O) groups is 1. The summed E-state index contributed by atoms with van der Waals surface area (Å²) in [6.45, 7) is 12.4. The Bertz CT molecular complexity index is 3210. The second-order valence-corrected chi connectivity index (χ2v) is 24.0. The first-order valence-corrected chi connectivity index (χ1v) is 28.9. The highest BCUT2D eigenvalue weighted by Gasteiger charge is 2.50. The van der Waals surface area contributed by atoms with Crippen LogP contribution in [0.2, 0.25) is 10.0 Å². The van der Waals surface area contributed by atoms with Gasteiger partial charge in [-0.15, -0.1) is 23.5 Å². The molecule has 398 valence electrons. The van der Waals surface area contributed by atoms with Gasteiger partial charge in [0.15, 0.2) is 23.0 Å². The Kier molecular flexibility index (Phi) is 15.5. The van der Waals surface area contributed by atoms with Gasteiger partial charge in [0.1, 0.15) is 0 Å². The van der Waals surface area contributed by atoms with Crippen LogP contribution >= 0.6 is 46.7 Å². The minimum atomic E-state index is -0.827. The predicted octanol–water partition coefficient (Wildman–Crippen LogP) is 10.5. The van der Waals surface area contributed by atoms with Gasteiger partial charge in [0.05, 0.1) is 45.2 Å². The summed E-state index contributed by atoms with van der Waals surface area (Å²) in [4.78, 5) is 66.7. The van der Waals surface area contributed by atoms with E-state index in [1.807, 2.05) is 72.3 Å². The van der Waals surface area contributed by atoms with Crippen LogP contribution in [0.4, 0.5) is 0 Å². The van der Waals surface area contributed by atoms with Crippen molar-refractivity contribution in [2.24, 2.45) is 11.8 Å². The van der Waals surface area contributed by atoms with Gasteiger partial charge in [-0.25, -0.2) is 0 Å². The minimum Gasteiger partial charge on any atom is -0.448 e. The summed E-state index contributed by atoms with van der Waals surface area (Å²) in [5, 5.41) is 1.99. The monoisotopic (exact) mass is 1090 g/mol. The third-order valence-corrected chi connectivity index (χ3v) is 18.9. The fourth-order valence-corrected chi connectivity index (χ4v) is 14.0. The van der Waals surface area contributed by atoms with Crippen molar-refractivity contribution in [3.8, 4) is 23.0 Å². The van der Waals surface area contributed by atoms with Gasteiger partial charge < -0.3 is 48.2 Å². The quantitative estimate of drug-likeness (QED) is 0.128.